The molecule has 0 radical (unpaired) electrons. The Labute approximate surface area is 157 Å². The molecule has 0 bridgehead atoms. The molecule has 27 heavy (non-hydrogen) atoms. The highest BCUT2D eigenvalue weighted by Gasteiger charge is 2.22. The molecule has 0 atom stereocenters. The van der Waals surface area contributed by atoms with Gasteiger partial charge in [-0.2, -0.15) is 0 Å². The lowest BCUT2D eigenvalue weighted by molar-refractivity contribution is -0.104. The first kappa shape index (κ1) is 15.8. The number of rotatable bonds is 3. The summed E-state index contributed by atoms with van der Waals surface area (Å²) in [6.07, 6.45) is 3.50. The zero-order valence-electron chi connectivity index (χ0n) is 14.0. The van der Waals surface area contributed by atoms with Gasteiger partial charge in [0.1, 0.15) is 17.3 Å². The van der Waals surface area contributed by atoms with Gasteiger partial charge in [-0.25, -0.2) is 0 Å². The third-order valence-electron chi connectivity index (χ3n) is 4.44. The number of hydrogen-bond acceptors (Lipinski definition) is 5. The summed E-state index contributed by atoms with van der Waals surface area (Å²) in [6.45, 7) is 0. The molecule has 0 amide bonds. The number of carbonyl (C=O) groups is 1. The van der Waals surface area contributed by atoms with Crippen LogP contribution in [0.4, 0.5) is 0 Å². The Morgan fingerprint density at radius 3 is 2.63 bits per heavy atom. The Hall–Kier alpha value is -3.44. The van der Waals surface area contributed by atoms with Crippen molar-refractivity contribution in [3.05, 3.63) is 76.7 Å². The lowest BCUT2D eigenvalue weighted by Crippen LogP contribution is -2.01. The van der Waals surface area contributed by atoms with Crippen LogP contribution >= 0.6 is 11.3 Å². The van der Waals surface area contributed by atoms with E-state index in [-0.39, 0.29) is 5.43 Å². The molecule has 0 saturated carbocycles. The van der Waals surface area contributed by atoms with E-state index >= 15 is 0 Å². The van der Waals surface area contributed by atoms with E-state index in [9.17, 15) is 9.59 Å². The molecule has 0 aliphatic heterocycles. The van der Waals surface area contributed by atoms with Crippen molar-refractivity contribution in [1.29, 1.82) is 0 Å². The molecule has 0 unspecified atom stereocenters. The smallest absolute Gasteiger partial charge is 0.204 e. The number of carbonyl (C=O) groups excluding carboxylic acids is 1. The van der Waals surface area contributed by atoms with Crippen LogP contribution in [0.25, 0.3) is 48.7 Å². The highest BCUT2D eigenvalue weighted by Crippen LogP contribution is 2.40. The van der Waals surface area contributed by atoms with E-state index in [1.807, 2.05) is 36.4 Å². The fraction of sp³-hybridized carbons (Fsp3) is 0. The first-order chi connectivity index (χ1) is 13.3. The van der Waals surface area contributed by atoms with E-state index < -0.39 is 0 Å². The Morgan fingerprint density at radius 1 is 0.963 bits per heavy atom. The molecule has 0 N–H and O–H groups in total. The second-order valence-electron chi connectivity index (χ2n) is 6.07. The van der Waals surface area contributed by atoms with Crippen LogP contribution in [0.2, 0.25) is 0 Å². The van der Waals surface area contributed by atoms with Gasteiger partial charge in [0.25, 0.3) is 0 Å². The number of hydrogen-bond donors (Lipinski definition) is 0. The minimum atomic E-state index is -0.145. The fourth-order valence-corrected chi connectivity index (χ4v) is 4.28. The van der Waals surface area contributed by atoms with Crippen LogP contribution in [0, 0.1) is 0 Å². The van der Waals surface area contributed by atoms with Crippen molar-refractivity contribution in [1.82, 2.24) is 0 Å². The van der Waals surface area contributed by atoms with Gasteiger partial charge < -0.3 is 8.83 Å². The van der Waals surface area contributed by atoms with Gasteiger partial charge in [-0.15, -0.1) is 11.3 Å². The molecule has 5 aromatic rings. The average molecular weight is 372 g/mol. The van der Waals surface area contributed by atoms with Crippen molar-refractivity contribution in [2.24, 2.45) is 0 Å². The monoisotopic (exact) mass is 372 g/mol. The molecule has 2 aromatic carbocycles. The predicted octanol–water partition coefficient (Wildman–Crippen LogP) is 5.63. The van der Waals surface area contributed by atoms with Gasteiger partial charge in [0.2, 0.25) is 5.43 Å². The minimum Gasteiger partial charge on any atom is -0.452 e. The van der Waals surface area contributed by atoms with Crippen LogP contribution in [0.5, 0.6) is 0 Å². The first-order valence-corrected chi connectivity index (χ1v) is 9.17. The maximum atomic E-state index is 13.2. The van der Waals surface area contributed by atoms with Crippen LogP contribution in [-0.2, 0) is 4.79 Å². The molecule has 4 nitrogen and oxygen atoms in total. The molecule has 5 rings (SSSR count). The van der Waals surface area contributed by atoms with Crippen molar-refractivity contribution in [2.75, 3.05) is 0 Å². The zero-order chi connectivity index (χ0) is 18.4. The lowest BCUT2D eigenvalue weighted by Gasteiger charge is -1.97. The van der Waals surface area contributed by atoms with E-state index in [2.05, 4.69) is 0 Å². The normalized spacial score (nSPS) is 11.9. The minimum absolute atomic E-state index is 0.145. The fourth-order valence-electron chi connectivity index (χ4n) is 3.23. The molecule has 0 spiro atoms. The molecule has 0 aliphatic rings. The highest BCUT2D eigenvalue weighted by molar-refractivity contribution is 7.22. The second kappa shape index (κ2) is 6.07. The van der Waals surface area contributed by atoms with Gasteiger partial charge >= 0.3 is 0 Å². The molecular formula is C22H12O4S. The molecule has 5 heteroatoms. The molecule has 3 heterocycles. The van der Waals surface area contributed by atoms with Crippen LogP contribution in [0.1, 0.15) is 5.76 Å². The Kier molecular flexibility index (Phi) is 3.55. The van der Waals surface area contributed by atoms with E-state index in [1.165, 1.54) is 12.2 Å². The van der Waals surface area contributed by atoms with Gasteiger partial charge in [-0.1, -0.05) is 30.3 Å². The zero-order valence-corrected chi connectivity index (χ0v) is 14.8. The molecule has 0 aliphatic carbocycles. The predicted molar refractivity (Wildman–Crippen MR) is 108 cm³/mol. The van der Waals surface area contributed by atoms with Gasteiger partial charge in [0.05, 0.1) is 10.3 Å². The van der Waals surface area contributed by atoms with E-state index in [0.29, 0.717) is 39.7 Å². The number of aldehydes is 1. The summed E-state index contributed by atoms with van der Waals surface area (Å²) in [5.74, 6) is 0.823. The number of para-hydroxylation sites is 1. The third-order valence-corrected chi connectivity index (χ3v) is 5.55. The summed E-state index contributed by atoms with van der Waals surface area (Å²) in [6, 6.07) is 17.1. The maximum absolute atomic E-state index is 13.2. The SMILES string of the molecule is O=C/C=C/c1oc(-c2cc3ccccc3s2)c2c(=O)c3ccccc3oc12. The Morgan fingerprint density at radius 2 is 1.78 bits per heavy atom. The summed E-state index contributed by atoms with van der Waals surface area (Å²) >= 11 is 1.55. The maximum Gasteiger partial charge on any atom is 0.204 e. The van der Waals surface area contributed by atoms with Gasteiger partial charge in [-0.3, -0.25) is 9.59 Å². The standard InChI is InChI=1S/C22H12O4S/c23-11-5-9-16-21-19(20(24)14-7-2-3-8-15(14)25-21)22(26-16)18-12-13-6-1-4-10-17(13)27-18/h1-12H/b9-5+. The van der Waals surface area contributed by atoms with Crippen molar-refractivity contribution in [3.63, 3.8) is 0 Å². The summed E-state index contributed by atoms with van der Waals surface area (Å²) in [4.78, 5) is 24.8. The Balaban J connectivity index is 1.91. The average Bonchev–Trinajstić information content (AvgIpc) is 3.28. The van der Waals surface area contributed by atoms with Crippen molar-refractivity contribution in [2.45, 2.75) is 0 Å². The van der Waals surface area contributed by atoms with Gasteiger partial charge in [0.15, 0.2) is 17.1 Å². The second-order valence-corrected chi connectivity index (χ2v) is 7.15. The molecular weight excluding hydrogens is 360 g/mol. The van der Waals surface area contributed by atoms with E-state index in [1.54, 1.807) is 29.5 Å². The largest absolute Gasteiger partial charge is 0.452 e. The van der Waals surface area contributed by atoms with E-state index in [4.69, 9.17) is 8.83 Å². The summed E-state index contributed by atoms with van der Waals surface area (Å²) < 4.78 is 13.1. The summed E-state index contributed by atoms with van der Waals surface area (Å²) in [7, 11) is 0. The Bertz CT molecular complexity index is 1380. The highest BCUT2D eigenvalue weighted by atomic mass is 32.1. The molecule has 130 valence electrons. The molecule has 0 fully saturated rings. The topological polar surface area (TPSA) is 60.4 Å². The third kappa shape index (κ3) is 2.44. The van der Waals surface area contributed by atoms with Crippen molar-refractivity contribution in [3.8, 4) is 10.6 Å². The molecule has 0 saturated heterocycles. The number of benzene rings is 2. The van der Waals surface area contributed by atoms with Crippen molar-refractivity contribution >= 4 is 55.7 Å². The quantitative estimate of drug-likeness (QED) is 0.304. The molecule has 3 aromatic heterocycles. The number of fused-ring (bicyclic) bond motifs is 3. The van der Waals surface area contributed by atoms with Crippen LogP contribution < -0.4 is 5.43 Å². The lowest BCUT2D eigenvalue weighted by atomic mass is 10.1. The summed E-state index contributed by atoms with van der Waals surface area (Å²) in [5.41, 5.74) is 0.692. The number of thiophene rings is 1. The van der Waals surface area contributed by atoms with Gasteiger partial charge in [0, 0.05) is 4.70 Å². The number of allylic oxidation sites excluding steroid dienone is 1. The number of furan rings is 1. The van der Waals surface area contributed by atoms with Gasteiger partial charge in [-0.05, 0) is 41.8 Å². The van der Waals surface area contributed by atoms with Crippen molar-refractivity contribution < 1.29 is 13.6 Å². The summed E-state index contributed by atoms with van der Waals surface area (Å²) in [5, 5.41) is 1.97. The van der Waals surface area contributed by atoms with E-state index in [0.717, 1.165) is 15.0 Å². The first-order valence-electron chi connectivity index (χ1n) is 8.35. The van der Waals surface area contributed by atoms with Crippen LogP contribution in [0.15, 0.2) is 74.3 Å². The van der Waals surface area contributed by atoms with Crippen LogP contribution in [-0.4, -0.2) is 6.29 Å². The van der Waals surface area contributed by atoms with Crippen LogP contribution in [0.3, 0.4) is 0 Å².